The molecule has 0 aliphatic heterocycles. The van der Waals surface area contributed by atoms with E-state index in [2.05, 4.69) is 43.4 Å². The number of rotatable bonds is 9. The number of alkyl carbamates (subject to hydrolysis) is 1. The van der Waals surface area contributed by atoms with Crippen LogP contribution in [-0.4, -0.2) is 41.8 Å². The number of fused-ring (bicyclic) bond motifs is 3. The zero-order valence-corrected chi connectivity index (χ0v) is 21.0. The van der Waals surface area contributed by atoms with Crippen molar-refractivity contribution in [1.82, 2.24) is 5.32 Å². The number of carbonyl (C=O) groups is 2. The molecule has 2 atom stereocenters. The molecule has 1 aliphatic rings. The highest BCUT2D eigenvalue weighted by Gasteiger charge is 2.31. The second-order valence-electron chi connectivity index (χ2n) is 9.61. The lowest BCUT2D eigenvalue weighted by Gasteiger charge is -2.25. The van der Waals surface area contributed by atoms with Gasteiger partial charge < -0.3 is 14.8 Å². The highest BCUT2D eigenvalue weighted by Crippen LogP contribution is 2.44. The molecule has 0 saturated carbocycles. The Hall–Kier alpha value is -2.47. The van der Waals surface area contributed by atoms with Gasteiger partial charge in [0.05, 0.1) is 0 Å². The van der Waals surface area contributed by atoms with Gasteiger partial charge in [0.2, 0.25) is 0 Å². The number of thioether (sulfide) groups is 1. The Kier molecular flexibility index (Phi) is 8.46. The number of benzene rings is 2. The van der Waals surface area contributed by atoms with Crippen LogP contribution in [0, 0.1) is 5.92 Å². The maximum absolute atomic E-state index is 12.7. The minimum Gasteiger partial charge on any atom is -0.458 e. The van der Waals surface area contributed by atoms with Crippen LogP contribution in [-0.2, 0) is 14.3 Å². The topological polar surface area (TPSA) is 64.6 Å². The van der Waals surface area contributed by atoms with E-state index in [1.807, 2.05) is 45.0 Å². The van der Waals surface area contributed by atoms with Gasteiger partial charge in [-0.2, -0.15) is 11.8 Å². The number of nitrogens with one attached hydrogen (secondary N) is 1. The zero-order valence-electron chi connectivity index (χ0n) is 20.2. The van der Waals surface area contributed by atoms with Crippen molar-refractivity contribution in [2.45, 2.75) is 58.6 Å². The van der Waals surface area contributed by atoms with Crippen molar-refractivity contribution in [2.24, 2.45) is 5.92 Å². The van der Waals surface area contributed by atoms with E-state index < -0.39 is 23.7 Å². The number of esters is 1. The molecular formula is C27H35NO4S. The molecule has 2 aromatic carbocycles. The van der Waals surface area contributed by atoms with Crippen molar-refractivity contribution in [1.29, 1.82) is 0 Å². The van der Waals surface area contributed by atoms with Gasteiger partial charge >= 0.3 is 12.1 Å². The number of hydrogen-bond acceptors (Lipinski definition) is 5. The molecule has 3 rings (SSSR count). The van der Waals surface area contributed by atoms with Gasteiger partial charge in [0.15, 0.2) is 0 Å². The van der Waals surface area contributed by atoms with Crippen LogP contribution in [0.4, 0.5) is 4.79 Å². The van der Waals surface area contributed by atoms with Crippen molar-refractivity contribution in [3.05, 3.63) is 59.7 Å². The van der Waals surface area contributed by atoms with Crippen molar-refractivity contribution in [3.63, 3.8) is 0 Å². The normalized spacial score (nSPS) is 14.7. The minimum absolute atomic E-state index is 0.0251. The number of amides is 1. The van der Waals surface area contributed by atoms with Gasteiger partial charge in [-0.15, -0.1) is 0 Å². The molecular weight excluding hydrogens is 434 g/mol. The molecule has 0 fully saturated rings. The third-order valence-electron chi connectivity index (χ3n) is 5.71. The average molecular weight is 470 g/mol. The molecule has 1 N–H and O–H groups in total. The Labute approximate surface area is 201 Å². The smallest absolute Gasteiger partial charge is 0.407 e. The first-order valence-electron chi connectivity index (χ1n) is 11.6. The summed E-state index contributed by atoms with van der Waals surface area (Å²) in [5.41, 5.74) is 4.03. The molecule has 178 valence electrons. The highest BCUT2D eigenvalue weighted by atomic mass is 32.2. The molecule has 33 heavy (non-hydrogen) atoms. The second kappa shape index (κ2) is 11.1. The van der Waals surface area contributed by atoms with E-state index >= 15 is 0 Å². The van der Waals surface area contributed by atoms with Crippen LogP contribution in [0.25, 0.3) is 11.1 Å². The van der Waals surface area contributed by atoms with E-state index in [9.17, 15) is 9.59 Å². The first kappa shape index (κ1) is 25.2. The molecule has 0 spiro atoms. The van der Waals surface area contributed by atoms with Crippen LogP contribution in [0.2, 0.25) is 0 Å². The van der Waals surface area contributed by atoms with Gasteiger partial charge in [-0.1, -0.05) is 68.8 Å². The van der Waals surface area contributed by atoms with Crippen LogP contribution >= 0.6 is 11.8 Å². The number of carbonyl (C=O) groups excluding carboxylic acids is 2. The Bertz CT molecular complexity index is 923. The maximum atomic E-state index is 12.7. The van der Waals surface area contributed by atoms with Crippen LogP contribution < -0.4 is 5.32 Å². The van der Waals surface area contributed by atoms with Crippen LogP contribution in [0.3, 0.4) is 0 Å². The number of ether oxygens (including phenoxy) is 2. The molecule has 0 heterocycles. The lowest BCUT2D eigenvalue weighted by molar-refractivity contribution is -0.156. The van der Waals surface area contributed by atoms with Gasteiger partial charge in [0.25, 0.3) is 0 Å². The molecule has 1 unspecified atom stereocenters. The SMILES string of the molecule is CCC(C)CSC[C@H](NC(=O)OCC1c2ccccc2-c2ccccc21)C(=O)OC(C)(C)C. The summed E-state index contributed by atoms with van der Waals surface area (Å²) in [6, 6.07) is 15.7. The van der Waals surface area contributed by atoms with E-state index in [0.29, 0.717) is 11.7 Å². The average Bonchev–Trinajstić information content (AvgIpc) is 3.09. The first-order chi connectivity index (χ1) is 15.7. The summed E-state index contributed by atoms with van der Waals surface area (Å²) in [7, 11) is 0. The minimum atomic E-state index is -0.756. The monoisotopic (exact) mass is 469 g/mol. The molecule has 0 bridgehead atoms. The van der Waals surface area contributed by atoms with Crippen molar-refractivity contribution in [3.8, 4) is 11.1 Å². The Morgan fingerprint density at radius 1 is 1.00 bits per heavy atom. The summed E-state index contributed by atoms with van der Waals surface area (Å²) < 4.78 is 11.2. The highest BCUT2D eigenvalue weighted by molar-refractivity contribution is 7.99. The van der Waals surface area contributed by atoms with Gasteiger partial charge in [0, 0.05) is 11.7 Å². The van der Waals surface area contributed by atoms with Crippen LogP contribution in [0.5, 0.6) is 0 Å². The third-order valence-corrected chi connectivity index (χ3v) is 7.08. The molecule has 0 radical (unpaired) electrons. The predicted octanol–water partition coefficient (Wildman–Crippen LogP) is 6.01. The van der Waals surface area contributed by atoms with Crippen LogP contribution in [0.1, 0.15) is 58.1 Å². The summed E-state index contributed by atoms with van der Waals surface area (Å²) >= 11 is 1.64. The summed E-state index contributed by atoms with van der Waals surface area (Å²) in [6.07, 6.45) is 0.473. The lowest BCUT2D eigenvalue weighted by atomic mass is 9.98. The van der Waals surface area contributed by atoms with Gasteiger partial charge in [-0.05, 0) is 54.7 Å². The first-order valence-corrected chi connectivity index (χ1v) is 12.8. The predicted molar refractivity (Wildman–Crippen MR) is 135 cm³/mol. The fourth-order valence-corrected chi connectivity index (χ4v) is 5.06. The van der Waals surface area contributed by atoms with Gasteiger partial charge in [-0.3, -0.25) is 0 Å². The summed E-state index contributed by atoms with van der Waals surface area (Å²) in [6.45, 7) is 9.99. The summed E-state index contributed by atoms with van der Waals surface area (Å²) in [5.74, 6) is 1.45. The fourth-order valence-electron chi connectivity index (χ4n) is 3.83. The zero-order chi connectivity index (χ0) is 24.0. The Morgan fingerprint density at radius 2 is 1.58 bits per heavy atom. The summed E-state index contributed by atoms with van der Waals surface area (Å²) in [4.78, 5) is 25.4. The quantitative estimate of drug-likeness (QED) is 0.455. The molecule has 1 amide bonds. The Balaban J connectivity index is 1.64. The molecule has 6 heteroatoms. The van der Waals surface area contributed by atoms with E-state index in [-0.39, 0.29) is 12.5 Å². The van der Waals surface area contributed by atoms with E-state index in [1.54, 1.807) is 11.8 Å². The molecule has 0 aromatic heterocycles. The van der Waals surface area contributed by atoms with Gasteiger partial charge in [0.1, 0.15) is 18.2 Å². The van der Waals surface area contributed by atoms with E-state index in [1.165, 1.54) is 11.1 Å². The molecule has 5 nitrogen and oxygen atoms in total. The van der Waals surface area contributed by atoms with Crippen molar-refractivity contribution in [2.75, 3.05) is 18.1 Å². The van der Waals surface area contributed by atoms with Crippen molar-refractivity contribution < 1.29 is 19.1 Å². The van der Waals surface area contributed by atoms with Gasteiger partial charge in [-0.25, -0.2) is 9.59 Å². The largest absolute Gasteiger partial charge is 0.458 e. The van der Waals surface area contributed by atoms with E-state index in [0.717, 1.165) is 23.3 Å². The fraction of sp³-hybridized carbons (Fsp3) is 0.481. The summed E-state index contributed by atoms with van der Waals surface area (Å²) in [5, 5.41) is 2.75. The Morgan fingerprint density at radius 3 is 2.12 bits per heavy atom. The third kappa shape index (κ3) is 6.76. The maximum Gasteiger partial charge on any atom is 0.407 e. The second-order valence-corrected chi connectivity index (χ2v) is 10.7. The number of hydrogen-bond donors (Lipinski definition) is 1. The van der Waals surface area contributed by atoms with Crippen LogP contribution in [0.15, 0.2) is 48.5 Å². The molecule has 0 saturated heterocycles. The molecule has 2 aromatic rings. The molecule has 1 aliphatic carbocycles. The van der Waals surface area contributed by atoms with Crippen molar-refractivity contribution >= 4 is 23.8 Å². The lowest BCUT2D eigenvalue weighted by Crippen LogP contribution is -2.46. The van der Waals surface area contributed by atoms with E-state index in [4.69, 9.17) is 9.47 Å². The standard InChI is InChI=1S/C27H35NO4S/c1-6-18(2)16-33-17-24(25(29)32-27(3,4)5)28-26(30)31-15-23-21-13-9-7-11-19(21)20-12-8-10-14-22(20)23/h7-14,18,23-24H,6,15-17H2,1-5H3,(H,28,30)/t18?,24-/m0/s1.